The van der Waals surface area contributed by atoms with Crippen LogP contribution in [0.2, 0.25) is 0 Å². The van der Waals surface area contributed by atoms with Crippen molar-refractivity contribution in [1.82, 2.24) is 15.5 Å². The van der Waals surface area contributed by atoms with Gasteiger partial charge in [0.15, 0.2) is 0 Å². The van der Waals surface area contributed by atoms with Crippen LogP contribution >= 0.6 is 0 Å². The third-order valence-electron chi connectivity index (χ3n) is 4.00. The molecule has 1 aromatic rings. The molecule has 1 heterocycles. The summed E-state index contributed by atoms with van der Waals surface area (Å²) < 4.78 is 47.1. The van der Waals surface area contributed by atoms with Crippen molar-refractivity contribution < 1.29 is 22.0 Å². The van der Waals surface area contributed by atoms with Crippen LogP contribution in [0, 0.1) is 0 Å². The predicted molar refractivity (Wildman–Crippen MR) is 91.3 cm³/mol. The second-order valence-electron chi connectivity index (χ2n) is 5.97. The van der Waals surface area contributed by atoms with Crippen molar-refractivity contribution in [2.24, 2.45) is 0 Å². The number of sulfone groups is 1. The predicted octanol–water partition coefficient (Wildman–Crippen LogP) is 0.849. The van der Waals surface area contributed by atoms with E-state index in [1.165, 1.54) is 24.3 Å². The van der Waals surface area contributed by atoms with E-state index in [1.54, 1.807) is 0 Å². The molecule has 0 radical (unpaired) electrons. The van der Waals surface area contributed by atoms with Gasteiger partial charge < -0.3 is 15.5 Å². The summed E-state index contributed by atoms with van der Waals surface area (Å²) in [6.45, 7) is 5.46. The first kappa shape index (κ1) is 19.7. The Labute approximate surface area is 146 Å². The van der Waals surface area contributed by atoms with E-state index in [1.807, 2.05) is 0 Å². The van der Waals surface area contributed by atoms with E-state index >= 15 is 0 Å². The molecule has 0 aromatic heterocycles. The fraction of sp³-hybridized carbons (Fsp3) is 0.562. The monoisotopic (exact) mass is 375 g/mol. The van der Waals surface area contributed by atoms with Gasteiger partial charge >= 0.3 is 5.76 Å². The largest absolute Gasteiger partial charge is 0.352 e. The van der Waals surface area contributed by atoms with Crippen LogP contribution in [0.15, 0.2) is 24.3 Å². The van der Waals surface area contributed by atoms with E-state index in [4.69, 9.17) is 0 Å². The number of halogens is 2. The maximum absolute atomic E-state index is 12.4. The number of rotatable bonds is 8. The van der Waals surface area contributed by atoms with Gasteiger partial charge in [0.05, 0.1) is 5.75 Å². The van der Waals surface area contributed by atoms with Gasteiger partial charge in [0.2, 0.25) is 9.84 Å². The average Bonchev–Trinajstić information content (AvgIpc) is 2.59. The Morgan fingerprint density at radius 1 is 1.20 bits per heavy atom. The molecular weight excluding hydrogens is 352 g/mol. The minimum absolute atomic E-state index is 0.232. The molecule has 2 N–H and O–H groups in total. The van der Waals surface area contributed by atoms with Crippen molar-refractivity contribution >= 4 is 15.7 Å². The summed E-state index contributed by atoms with van der Waals surface area (Å²) in [7, 11) is -4.46. The molecule has 9 heteroatoms. The van der Waals surface area contributed by atoms with Gasteiger partial charge in [-0.1, -0.05) is 12.1 Å². The fourth-order valence-electron chi connectivity index (χ4n) is 2.59. The SMILES string of the molecule is O=C(NCCCN1CCNCC1)c1ccc(CS(=O)(=O)C(F)F)cc1. The molecule has 6 nitrogen and oxygen atoms in total. The molecule has 2 rings (SSSR count). The van der Waals surface area contributed by atoms with Crippen molar-refractivity contribution in [3.05, 3.63) is 35.4 Å². The van der Waals surface area contributed by atoms with Gasteiger partial charge in [-0.3, -0.25) is 4.79 Å². The Kier molecular flexibility index (Phi) is 7.27. The molecule has 1 aliphatic rings. The maximum Gasteiger partial charge on any atom is 0.337 e. The highest BCUT2D eigenvalue weighted by atomic mass is 32.2. The molecule has 1 aliphatic heterocycles. The Morgan fingerprint density at radius 2 is 1.84 bits per heavy atom. The molecule has 0 aliphatic carbocycles. The van der Waals surface area contributed by atoms with Gasteiger partial charge in [0, 0.05) is 38.3 Å². The molecule has 0 saturated carbocycles. The summed E-state index contributed by atoms with van der Waals surface area (Å²) in [5.74, 6) is -4.40. The molecule has 0 unspecified atom stereocenters. The van der Waals surface area contributed by atoms with Crippen LogP contribution in [0.5, 0.6) is 0 Å². The van der Waals surface area contributed by atoms with Crippen molar-refractivity contribution in [3.63, 3.8) is 0 Å². The van der Waals surface area contributed by atoms with Gasteiger partial charge in [0.25, 0.3) is 5.91 Å². The quantitative estimate of drug-likeness (QED) is 0.659. The number of carbonyl (C=O) groups is 1. The second kappa shape index (κ2) is 9.21. The highest BCUT2D eigenvalue weighted by Gasteiger charge is 2.24. The molecule has 140 valence electrons. The number of alkyl halides is 2. The molecule has 0 bridgehead atoms. The summed E-state index contributed by atoms with van der Waals surface area (Å²) in [5.41, 5.74) is 0.607. The Bertz CT molecular complexity index is 660. The third kappa shape index (κ3) is 6.33. The van der Waals surface area contributed by atoms with Crippen LogP contribution in [0.3, 0.4) is 0 Å². The first-order valence-electron chi connectivity index (χ1n) is 8.18. The Hall–Kier alpha value is -1.58. The van der Waals surface area contributed by atoms with E-state index < -0.39 is 21.3 Å². The van der Waals surface area contributed by atoms with Crippen molar-refractivity contribution in [2.45, 2.75) is 17.9 Å². The lowest BCUT2D eigenvalue weighted by Gasteiger charge is -2.27. The molecule has 1 fully saturated rings. The van der Waals surface area contributed by atoms with Gasteiger partial charge in [-0.05, 0) is 30.7 Å². The minimum atomic E-state index is -4.46. The number of nitrogens with zero attached hydrogens (tertiary/aromatic N) is 1. The molecule has 0 atom stereocenters. The number of carbonyl (C=O) groups excluding carboxylic acids is 1. The first-order chi connectivity index (χ1) is 11.9. The number of hydrogen-bond donors (Lipinski definition) is 2. The van der Waals surface area contributed by atoms with Gasteiger partial charge in [0.1, 0.15) is 0 Å². The minimum Gasteiger partial charge on any atom is -0.352 e. The third-order valence-corrected chi connectivity index (χ3v) is 5.28. The second-order valence-corrected chi connectivity index (χ2v) is 7.94. The van der Waals surface area contributed by atoms with E-state index in [9.17, 15) is 22.0 Å². The van der Waals surface area contributed by atoms with E-state index in [0.717, 1.165) is 39.1 Å². The van der Waals surface area contributed by atoms with Gasteiger partial charge in [-0.2, -0.15) is 8.78 Å². The highest BCUT2D eigenvalue weighted by Crippen LogP contribution is 2.14. The smallest absolute Gasteiger partial charge is 0.337 e. The molecular formula is C16H23F2N3O3S. The lowest BCUT2D eigenvalue weighted by molar-refractivity contribution is 0.0951. The van der Waals surface area contributed by atoms with Gasteiger partial charge in [-0.25, -0.2) is 8.42 Å². The van der Waals surface area contributed by atoms with Crippen LogP contribution in [-0.2, 0) is 15.6 Å². The molecule has 25 heavy (non-hydrogen) atoms. The topological polar surface area (TPSA) is 78.5 Å². The molecule has 0 spiro atoms. The highest BCUT2D eigenvalue weighted by molar-refractivity contribution is 7.90. The van der Waals surface area contributed by atoms with Crippen LogP contribution in [0.1, 0.15) is 22.3 Å². The Balaban J connectivity index is 1.76. The lowest BCUT2D eigenvalue weighted by atomic mass is 10.1. The fourth-order valence-corrected chi connectivity index (χ4v) is 3.37. The average molecular weight is 375 g/mol. The zero-order chi connectivity index (χ0) is 18.3. The van der Waals surface area contributed by atoms with Crippen LogP contribution in [-0.4, -0.2) is 64.3 Å². The number of amides is 1. The van der Waals surface area contributed by atoms with E-state index in [2.05, 4.69) is 15.5 Å². The summed E-state index contributed by atoms with van der Waals surface area (Å²) >= 11 is 0. The van der Waals surface area contributed by atoms with Crippen LogP contribution < -0.4 is 10.6 Å². The Morgan fingerprint density at radius 3 is 2.44 bits per heavy atom. The van der Waals surface area contributed by atoms with Gasteiger partial charge in [-0.15, -0.1) is 0 Å². The maximum atomic E-state index is 12.4. The molecule has 1 aromatic carbocycles. The summed E-state index contributed by atoms with van der Waals surface area (Å²) in [4.78, 5) is 14.4. The molecule has 1 amide bonds. The summed E-state index contributed by atoms with van der Waals surface area (Å²) in [6, 6.07) is 5.66. The number of piperazine rings is 1. The normalized spacial score (nSPS) is 16.1. The van der Waals surface area contributed by atoms with E-state index in [-0.39, 0.29) is 11.5 Å². The van der Waals surface area contributed by atoms with Crippen molar-refractivity contribution in [3.8, 4) is 0 Å². The number of benzene rings is 1. The zero-order valence-corrected chi connectivity index (χ0v) is 14.7. The number of nitrogens with one attached hydrogen (secondary N) is 2. The summed E-state index contributed by atoms with van der Waals surface area (Å²) in [6.07, 6.45) is 0.844. The van der Waals surface area contributed by atoms with Crippen LogP contribution in [0.25, 0.3) is 0 Å². The van der Waals surface area contributed by atoms with Crippen LogP contribution in [0.4, 0.5) is 8.78 Å². The lowest BCUT2D eigenvalue weighted by Crippen LogP contribution is -2.44. The standard InChI is InChI=1S/C16H23F2N3O3S/c17-16(18)25(23,24)12-13-2-4-14(5-3-13)15(22)20-6-1-9-21-10-7-19-8-11-21/h2-5,16,19H,1,6-12H2,(H,20,22). The van der Waals surface area contributed by atoms with Crippen molar-refractivity contribution in [1.29, 1.82) is 0 Å². The summed E-state index contributed by atoms with van der Waals surface area (Å²) in [5, 5.41) is 6.08. The molecule has 1 saturated heterocycles. The van der Waals surface area contributed by atoms with Crippen molar-refractivity contribution in [2.75, 3.05) is 39.3 Å². The first-order valence-corrected chi connectivity index (χ1v) is 9.90. The number of hydrogen-bond acceptors (Lipinski definition) is 5. The van der Waals surface area contributed by atoms with E-state index in [0.29, 0.717) is 12.1 Å². The zero-order valence-electron chi connectivity index (χ0n) is 13.9.